The molecule has 18 heavy (non-hydrogen) atoms. The topological polar surface area (TPSA) is 92.4 Å². The molecule has 0 aliphatic carbocycles. The summed E-state index contributed by atoms with van der Waals surface area (Å²) in [5.41, 5.74) is 7.10. The molecule has 0 saturated carbocycles. The van der Waals surface area contributed by atoms with Crippen LogP contribution in [0.1, 0.15) is 24.5 Å². The maximum atomic E-state index is 11.5. The molecule has 0 bridgehead atoms. The van der Waals surface area contributed by atoms with Crippen molar-refractivity contribution in [3.05, 3.63) is 35.4 Å². The number of amides is 1. The zero-order valence-electron chi connectivity index (χ0n) is 10.3. The number of carbonyl (C=O) groups excluding carboxylic acids is 1. The fourth-order valence-corrected chi connectivity index (χ4v) is 1.56. The Labute approximate surface area is 106 Å². The molecular weight excluding hydrogens is 232 g/mol. The molecule has 4 N–H and O–H groups in total. The summed E-state index contributed by atoms with van der Waals surface area (Å²) in [5, 5.41) is 11.5. The first kappa shape index (κ1) is 14.2. The van der Waals surface area contributed by atoms with E-state index in [2.05, 4.69) is 5.32 Å². The van der Waals surface area contributed by atoms with Crippen LogP contribution < -0.4 is 11.1 Å². The van der Waals surface area contributed by atoms with Gasteiger partial charge in [0, 0.05) is 6.54 Å². The highest BCUT2D eigenvalue weighted by atomic mass is 16.4. The second kappa shape index (κ2) is 6.76. The van der Waals surface area contributed by atoms with E-state index in [9.17, 15) is 9.59 Å². The van der Waals surface area contributed by atoms with Crippen LogP contribution in [0.4, 0.5) is 0 Å². The van der Waals surface area contributed by atoms with Crippen LogP contribution in [0.3, 0.4) is 0 Å². The van der Waals surface area contributed by atoms with E-state index in [1.54, 1.807) is 18.2 Å². The number of hydrogen-bond acceptors (Lipinski definition) is 3. The molecule has 1 rings (SSSR count). The number of nitrogens with one attached hydrogen (secondary N) is 1. The number of aliphatic carboxylic acids is 1. The number of benzene rings is 1. The van der Waals surface area contributed by atoms with E-state index in [0.29, 0.717) is 18.5 Å². The van der Waals surface area contributed by atoms with Gasteiger partial charge in [-0.05, 0) is 17.5 Å². The van der Waals surface area contributed by atoms with Gasteiger partial charge in [0.15, 0.2) is 0 Å². The maximum absolute atomic E-state index is 11.5. The molecule has 0 aromatic heterocycles. The van der Waals surface area contributed by atoms with Gasteiger partial charge in [-0.1, -0.05) is 31.2 Å². The van der Waals surface area contributed by atoms with Crippen molar-refractivity contribution in [3.8, 4) is 0 Å². The lowest BCUT2D eigenvalue weighted by Gasteiger charge is -2.12. The van der Waals surface area contributed by atoms with Crippen molar-refractivity contribution in [2.75, 3.05) is 0 Å². The summed E-state index contributed by atoms with van der Waals surface area (Å²) in [6.07, 6.45) is 0.522. The molecule has 0 radical (unpaired) electrons. The molecule has 1 amide bonds. The molecule has 0 aliphatic rings. The lowest BCUT2D eigenvalue weighted by Crippen LogP contribution is -2.39. The number of carboxylic acid groups (broad SMARTS) is 1. The standard InChI is InChI=1S/C13H18N2O3/c1-2-11(14)13(18)15-8-10-6-4-3-5-9(10)7-12(16)17/h3-6,11H,2,7-8,14H2,1H3,(H,15,18)(H,16,17). The number of hydrogen-bond donors (Lipinski definition) is 3. The first-order chi connectivity index (χ1) is 8.54. The van der Waals surface area contributed by atoms with Gasteiger partial charge < -0.3 is 16.2 Å². The van der Waals surface area contributed by atoms with E-state index in [4.69, 9.17) is 10.8 Å². The van der Waals surface area contributed by atoms with E-state index in [0.717, 1.165) is 5.56 Å². The third-order valence-corrected chi connectivity index (χ3v) is 2.69. The van der Waals surface area contributed by atoms with Crippen molar-refractivity contribution in [2.45, 2.75) is 32.4 Å². The predicted molar refractivity (Wildman–Crippen MR) is 67.9 cm³/mol. The fraction of sp³-hybridized carbons (Fsp3) is 0.385. The Morgan fingerprint density at radius 2 is 1.94 bits per heavy atom. The minimum absolute atomic E-state index is 0.0497. The van der Waals surface area contributed by atoms with Crippen molar-refractivity contribution in [1.82, 2.24) is 5.32 Å². The monoisotopic (exact) mass is 250 g/mol. The number of carboxylic acids is 1. The van der Waals surface area contributed by atoms with Gasteiger partial charge in [0.2, 0.25) is 5.91 Å². The zero-order valence-corrected chi connectivity index (χ0v) is 10.3. The van der Waals surface area contributed by atoms with Gasteiger partial charge in [0.05, 0.1) is 12.5 Å². The minimum Gasteiger partial charge on any atom is -0.481 e. The SMILES string of the molecule is CCC(N)C(=O)NCc1ccccc1CC(=O)O. The Hall–Kier alpha value is -1.88. The Morgan fingerprint density at radius 1 is 1.33 bits per heavy atom. The van der Waals surface area contributed by atoms with Crippen molar-refractivity contribution in [1.29, 1.82) is 0 Å². The Morgan fingerprint density at radius 3 is 2.50 bits per heavy atom. The highest BCUT2D eigenvalue weighted by Gasteiger charge is 2.11. The summed E-state index contributed by atoms with van der Waals surface area (Å²) in [4.78, 5) is 22.2. The third-order valence-electron chi connectivity index (χ3n) is 2.69. The molecule has 5 nitrogen and oxygen atoms in total. The van der Waals surface area contributed by atoms with E-state index in [-0.39, 0.29) is 12.3 Å². The van der Waals surface area contributed by atoms with Crippen LogP contribution in [-0.2, 0) is 22.6 Å². The van der Waals surface area contributed by atoms with E-state index in [1.807, 2.05) is 13.0 Å². The van der Waals surface area contributed by atoms with Gasteiger partial charge in [-0.3, -0.25) is 9.59 Å². The zero-order chi connectivity index (χ0) is 13.5. The number of rotatable bonds is 6. The van der Waals surface area contributed by atoms with Crippen molar-refractivity contribution >= 4 is 11.9 Å². The van der Waals surface area contributed by atoms with Crippen molar-refractivity contribution in [2.24, 2.45) is 5.73 Å². The summed E-state index contributed by atoms with van der Waals surface area (Å²) in [6.45, 7) is 2.14. The van der Waals surface area contributed by atoms with Crippen LogP contribution >= 0.6 is 0 Å². The normalized spacial score (nSPS) is 11.9. The average molecular weight is 250 g/mol. The summed E-state index contributed by atoms with van der Waals surface area (Å²) in [5.74, 6) is -1.11. The lowest BCUT2D eigenvalue weighted by atomic mass is 10.0. The van der Waals surface area contributed by atoms with Crippen LogP contribution in [0, 0.1) is 0 Å². The lowest BCUT2D eigenvalue weighted by molar-refractivity contribution is -0.136. The molecular formula is C13H18N2O3. The van der Waals surface area contributed by atoms with Crippen LogP contribution in [0.2, 0.25) is 0 Å². The van der Waals surface area contributed by atoms with E-state index in [1.165, 1.54) is 0 Å². The number of carbonyl (C=O) groups is 2. The van der Waals surface area contributed by atoms with Crippen LogP contribution in [0.25, 0.3) is 0 Å². The summed E-state index contributed by atoms with van der Waals surface area (Å²) in [7, 11) is 0. The summed E-state index contributed by atoms with van der Waals surface area (Å²) < 4.78 is 0. The molecule has 0 aliphatic heterocycles. The molecule has 98 valence electrons. The quantitative estimate of drug-likeness (QED) is 0.691. The Bertz CT molecular complexity index is 432. The van der Waals surface area contributed by atoms with Crippen LogP contribution in [-0.4, -0.2) is 23.0 Å². The Balaban J connectivity index is 2.67. The molecule has 1 atom stereocenters. The second-order valence-electron chi connectivity index (χ2n) is 4.07. The van der Waals surface area contributed by atoms with Crippen molar-refractivity contribution < 1.29 is 14.7 Å². The average Bonchev–Trinajstić information content (AvgIpc) is 2.35. The highest BCUT2D eigenvalue weighted by molar-refractivity contribution is 5.81. The molecule has 1 unspecified atom stereocenters. The van der Waals surface area contributed by atoms with E-state index >= 15 is 0 Å². The molecule has 0 fully saturated rings. The van der Waals surface area contributed by atoms with Crippen molar-refractivity contribution in [3.63, 3.8) is 0 Å². The van der Waals surface area contributed by atoms with Gasteiger partial charge in [0.1, 0.15) is 0 Å². The minimum atomic E-state index is -0.890. The largest absolute Gasteiger partial charge is 0.481 e. The summed E-state index contributed by atoms with van der Waals surface area (Å²) in [6, 6.07) is 6.62. The smallest absolute Gasteiger partial charge is 0.307 e. The molecule has 1 aromatic rings. The maximum Gasteiger partial charge on any atom is 0.307 e. The first-order valence-corrected chi connectivity index (χ1v) is 5.86. The molecule has 5 heteroatoms. The fourth-order valence-electron chi connectivity index (χ4n) is 1.56. The highest BCUT2D eigenvalue weighted by Crippen LogP contribution is 2.09. The van der Waals surface area contributed by atoms with Gasteiger partial charge >= 0.3 is 5.97 Å². The molecule has 0 spiro atoms. The second-order valence-corrected chi connectivity index (χ2v) is 4.07. The van der Waals surface area contributed by atoms with Crippen LogP contribution in [0.5, 0.6) is 0 Å². The van der Waals surface area contributed by atoms with Gasteiger partial charge in [-0.25, -0.2) is 0 Å². The molecule has 0 heterocycles. The van der Waals surface area contributed by atoms with Gasteiger partial charge in [0.25, 0.3) is 0 Å². The molecule has 0 saturated heterocycles. The third kappa shape index (κ3) is 4.18. The Kier molecular flexibility index (Phi) is 5.32. The van der Waals surface area contributed by atoms with Gasteiger partial charge in [-0.15, -0.1) is 0 Å². The first-order valence-electron chi connectivity index (χ1n) is 5.86. The van der Waals surface area contributed by atoms with Crippen LogP contribution in [0.15, 0.2) is 24.3 Å². The summed E-state index contributed by atoms with van der Waals surface area (Å²) >= 11 is 0. The van der Waals surface area contributed by atoms with E-state index < -0.39 is 12.0 Å². The van der Waals surface area contributed by atoms with Gasteiger partial charge in [-0.2, -0.15) is 0 Å². The number of nitrogens with two attached hydrogens (primary N) is 1. The molecule has 1 aromatic carbocycles. The predicted octanol–water partition coefficient (Wildman–Crippen LogP) is 0.667.